The zero-order valence-corrected chi connectivity index (χ0v) is 22.1. The summed E-state index contributed by atoms with van der Waals surface area (Å²) >= 11 is 0. The second-order valence-corrected chi connectivity index (χ2v) is 9.21. The highest BCUT2D eigenvalue weighted by Gasteiger charge is 2.29. The number of likely N-dealkylation sites (tertiary alicyclic amines) is 1. The molecule has 36 heavy (non-hydrogen) atoms. The second kappa shape index (κ2) is 19.2. The smallest absolute Gasteiger partial charge is 0.255 e. The molecule has 0 N–H and O–H groups in total. The van der Waals surface area contributed by atoms with Gasteiger partial charge < -0.3 is 4.90 Å². The van der Waals surface area contributed by atoms with Crippen LogP contribution in [0.2, 0.25) is 0 Å². The molecule has 1 aromatic rings. The zero-order chi connectivity index (χ0) is 25.7. The zero-order valence-electron chi connectivity index (χ0n) is 22.1. The molecule has 0 saturated carbocycles. The number of ketones is 1. The molecule has 1 saturated heterocycles. The number of pyridine rings is 1. The molecule has 2 rings (SSSR count). The molecule has 0 aromatic carbocycles. The first-order valence-electron chi connectivity index (χ1n) is 13.7. The first kappa shape index (κ1) is 29.2. The van der Waals surface area contributed by atoms with Gasteiger partial charge in [-0.15, -0.1) is 0 Å². The Kier molecular flexibility index (Phi) is 15.6. The predicted octanol–water partition coefficient (Wildman–Crippen LogP) is 7.96. The summed E-state index contributed by atoms with van der Waals surface area (Å²) < 4.78 is 0. The van der Waals surface area contributed by atoms with Crippen molar-refractivity contribution in [3.63, 3.8) is 0 Å². The Morgan fingerprint density at radius 2 is 1.56 bits per heavy atom. The first-order chi connectivity index (χ1) is 17.7. The Hall–Kier alpha value is -3.01. The Bertz CT molecular complexity index is 896. The monoisotopic (exact) mass is 488 g/mol. The third kappa shape index (κ3) is 12.6. The van der Waals surface area contributed by atoms with Crippen LogP contribution in [0.4, 0.5) is 0 Å². The van der Waals surface area contributed by atoms with Crippen LogP contribution < -0.4 is 0 Å². The summed E-state index contributed by atoms with van der Waals surface area (Å²) in [5, 5.41) is 0. The molecule has 1 atom stereocenters. The fourth-order valence-corrected chi connectivity index (χ4v) is 4.30. The van der Waals surface area contributed by atoms with Gasteiger partial charge in [-0.05, 0) is 76.3 Å². The molecule has 2 heterocycles. The lowest BCUT2D eigenvalue weighted by Gasteiger charge is -2.24. The minimum atomic E-state index is 0.0384. The van der Waals surface area contributed by atoms with E-state index in [1.807, 2.05) is 11.0 Å². The van der Waals surface area contributed by atoms with Gasteiger partial charge in [-0.25, -0.2) is 0 Å². The van der Waals surface area contributed by atoms with Crippen molar-refractivity contribution in [3.05, 3.63) is 90.9 Å². The number of hydrogen-bond donors (Lipinski definition) is 0. The first-order valence-corrected chi connectivity index (χ1v) is 13.7. The van der Waals surface area contributed by atoms with Crippen molar-refractivity contribution >= 4 is 11.7 Å². The summed E-state index contributed by atoms with van der Waals surface area (Å²) in [6, 6.07) is 3.77. The number of rotatable bonds is 17. The Balaban J connectivity index is 1.50. The number of unbranched alkanes of at least 4 members (excludes halogenated alkanes) is 1. The van der Waals surface area contributed by atoms with Gasteiger partial charge in [0.2, 0.25) is 0 Å². The largest absolute Gasteiger partial charge is 0.336 e. The lowest BCUT2D eigenvalue weighted by atomic mass is 10.0. The van der Waals surface area contributed by atoms with E-state index in [-0.39, 0.29) is 11.9 Å². The SMILES string of the molecule is CC/C=C\C/C=C\C/C=C\C/C=C\C/C=C\CCCC(=O)CC[C@@H]1CCCN1C(=O)c1cccnc1. The molecule has 1 aromatic heterocycles. The van der Waals surface area contributed by atoms with E-state index >= 15 is 0 Å². The van der Waals surface area contributed by atoms with Crippen LogP contribution >= 0.6 is 0 Å². The quantitative estimate of drug-likeness (QED) is 0.165. The van der Waals surface area contributed by atoms with Crippen molar-refractivity contribution in [2.75, 3.05) is 6.54 Å². The molecule has 1 fully saturated rings. The van der Waals surface area contributed by atoms with Crippen molar-refractivity contribution in [2.45, 2.75) is 90.0 Å². The van der Waals surface area contributed by atoms with Gasteiger partial charge in [0.15, 0.2) is 0 Å². The Morgan fingerprint density at radius 3 is 2.17 bits per heavy atom. The molecular formula is C32H44N2O2. The van der Waals surface area contributed by atoms with Gasteiger partial charge in [0.25, 0.3) is 5.91 Å². The number of allylic oxidation sites excluding steroid dienone is 10. The van der Waals surface area contributed by atoms with E-state index < -0.39 is 0 Å². The van der Waals surface area contributed by atoms with Crippen LogP contribution in [-0.2, 0) is 4.79 Å². The number of Topliss-reactive ketones (excluding diaryl/α,β-unsaturated/α-hetero) is 1. The number of hydrogen-bond acceptors (Lipinski definition) is 3. The highest BCUT2D eigenvalue weighted by molar-refractivity contribution is 5.94. The number of amides is 1. The molecule has 1 amide bonds. The third-order valence-corrected chi connectivity index (χ3v) is 6.29. The van der Waals surface area contributed by atoms with Crippen LogP contribution in [0, 0.1) is 0 Å². The van der Waals surface area contributed by atoms with Crippen molar-refractivity contribution in [1.82, 2.24) is 9.88 Å². The minimum absolute atomic E-state index is 0.0384. The van der Waals surface area contributed by atoms with Crippen LogP contribution in [-0.4, -0.2) is 34.2 Å². The molecule has 0 spiro atoms. The van der Waals surface area contributed by atoms with E-state index in [4.69, 9.17) is 0 Å². The molecular weight excluding hydrogens is 444 g/mol. The number of aromatic nitrogens is 1. The number of nitrogens with zero attached hydrogens (tertiary/aromatic N) is 2. The lowest BCUT2D eigenvalue weighted by molar-refractivity contribution is -0.119. The van der Waals surface area contributed by atoms with E-state index in [1.54, 1.807) is 18.5 Å². The maximum absolute atomic E-state index is 12.7. The lowest BCUT2D eigenvalue weighted by Crippen LogP contribution is -2.35. The Morgan fingerprint density at radius 1 is 0.917 bits per heavy atom. The molecule has 4 nitrogen and oxygen atoms in total. The summed E-state index contributed by atoms with van der Waals surface area (Å²) in [6.45, 7) is 2.93. The summed E-state index contributed by atoms with van der Waals surface area (Å²) in [5.41, 5.74) is 0.632. The third-order valence-electron chi connectivity index (χ3n) is 6.29. The molecule has 0 aliphatic carbocycles. The van der Waals surface area contributed by atoms with E-state index in [1.165, 1.54) is 0 Å². The highest BCUT2D eigenvalue weighted by atomic mass is 16.2. The molecule has 0 bridgehead atoms. The summed E-state index contributed by atoms with van der Waals surface area (Å²) in [7, 11) is 0. The maximum Gasteiger partial charge on any atom is 0.255 e. The molecule has 0 radical (unpaired) electrons. The fraction of sp³-hybridized carbons (Fsp3) is 0.469. The van der Waals surface area contributed by atoms with Crippen molar-refractivity contribution < 1.29 is 9.59 Å². The normalized spacial score (nSPS) is 16.6. The average molecular weight is 489 g/mol. The molecule has 194 valence electrons. The van der Waals surface area contributed by atoms with Crippen LogP contribution in [0.5, 0.6) is 0 Å². The number of carbonyl (C=O) groups is 2. The van der Waals surface area contributed by atoms with Gasteiger partial charge in [0.05, 0.1) is 5.56 Å². The fourth-order valence-electron chi connectivity index (χ4n) is 4.30. The van der Waals surface area contributed by atoms with E-state index in [0.29, 0.717) is 24.2 Å². The standard InChI is InChI=1S/C32H44N2O2/c1-2-3-4-5-6-7-8-9-10-11-12-13-14-15-16-17-18-23-31(35)25-24-30-22-20-27-34(30)32(36)29-21-19-26-33-28-29/h3-4,6-7,9-10,12-13,15-16,19,21,26,28,30H,2,5,8,11,14,17-18,20,22-25,27H2,1H3/b4-3-,7-6-,10-9-,13-12-,16-15-/t30-/m0/s1. The van der Waals surface area contributed by atoms with Gasteiger partial charge in [0, 0.05) is 37.8 Å². The highest BCUT2D eigenvalue weighted by Crippen LogP contribution is 2.24. The molecule has 4 heteroatoms. The van der Waals surface area contributed by atoms with Crippen molar-refractivity contribution in [1.29, 1.82) is 0 Å². The van der Waals surface area contributed by atoms with Gasteiger partial charge in [-0.3, -0.25) is 14.6 Å². The van der Waals surface area contributed by atoms with Crippen LogP contribution in [0.25, 0.3) is 0 Å². The predicted molar refractivity (Wildman–Crippen MR) is 151 cm³/mol. The number of carbonyl (C=O) groups excluding carboxylic acids is 2. The van der Waals surface area contributed by atoms with Crippen LogP contribution in [0.3, 0.4) is 0 Å². The second-order valence-electron chi connectivity index (χ2n) is 9.21. The maximum atomic E-state index is 12.7. The van der Waals surface area contributed by atoms with Gasteiger partial charge in [0.1, 0.15) is 5.78 Å². The van der Waals surface area contributed by atoms with Crippen molar-refractivity contribution in [3.8, 4) is 0 Å². The van der Waals surface area contributed by atoms with E-state index in [9.17, 15) is 9.59 Å². The molecule has 0 unspecified atom stereocenters. The van der Waals surface area contributed by atoms with Crippen LogP contribution in [0.15, 0.2) is 85.3 Å². The molecule has 1 aliphatic rings. The van der Waals surface area contributed by atoms with E-state index in [2.05, 4.69) is 72.7 Å². The van der Waals surface area contributed by atoms with Crippen LogP contribution in [0.1, 0.15) is 94.3 Å². The Labute approximate surface area is 218 Å². The minimum Gasteiger partial charge on any atom is -0.336 e. The van der Waals surface area contributed by atoms with Gasteiger partial charge in [-0.1, -0.05) is 67.7 Å². The summed E-state index contributed by atoms with van der Waals surface area (Å²) in [4.78, 5) is 31.1. The molecule has 1 aliphatic heterocycles. The summed E-state index contributed by atoms with van der Waals surface area (Å²) in [5.74, 6) is 0.347. The topological polar surface area (TPSA) is 50.3 Å². The average Bonchev–Trinajstić information content (AvgIpc) is 3.38. The van der Waals surface area contributed by atoms with E-state index in [0.717, 1.165) is 70.8 Å². The van der Waals surface area contributed by atoms with Crippen molar-refractivity contribution in [2.24, 2.45) is 0 Å². The summed E-state index contributed by atoms with van der Waals surface area (Å²) in [6.07, 6.45) is 36.1. The van der Waals surface area contributed by atoms with Gasteiger partial charge >= 0.3 is 0 Å². The van der Waals surface area contributed by atoms with Gasteiger partial charge in [-0.2, -0.15) is 0 Å².